The molecule has 0 aliphatic carbocycles. The molecule has 3 aromatic carbocycles. The number of unbranched alkanes of at least 4 members (excludes halogenated alkanes) is 1. The summed E-state index contributed by atoms with van der Waals surface area (Å²) < 4.78 is 13.6. The molecule has 9 heteroatoms. The van der Waals surface area contributed by atoms with E-state index in [0.29, 0.717) is 31.0 Å². The number of para-hydroxylation sites is 3. The molecule has 0 saturated carbocycles. The van der Waals surface area contributed by atoms with Crippen molar-refractivity contribution in [1.82, 2.24) is 9.55 Å². The Morgan fingerprint density at radius 2 is 1.74 bits per heavy atom. The van der Waals surface area contributed by atoms with E-state index in [-0.39, 0.29) is 6.61 Å². The minimum Gasteiger partial charge on any atom is -0.493 e. The topological polar surface area (TPSA) is 129 Å². The molecule has 4 unspecified atom stereocenters. The molecule has 9 nitrogen and oxygen atoms in total. The number of nitrogens with one attached hydrogen (secondary N) is 1. The molecule has 4 aromatic rings. The van der Waals surface area contributed by atoms with E-state index in [1.165, 1.54) is 6.92 Å². The summed E-state index contributed by atoms with van der Waals surface area (Å²) in [5.41, 5.74) is 2.87. The van der Waals surface area contributed by atoms with E-state index in [1.54, 1.807) is 4.57 Å². The number of nitrogens with zero attached hydrogens (tertiary/aromatic N) is 2. The zero-order valence-corrected chi connectivity index (χ0v) is 21.9. The standard InChI is InChI=1S/C30H35N3O6/c1-30(37)27(36)26(19-35)39-28(30)33-24-10-4-3-9-23(24)32-29(33)31-18-20-12-14-21(15-13-20)22-8-2-5-11-25(22)38-17-7-6-16-34/h2-5,8-15,26-28,34-37H,6-7,16-19H2,1H3,(H,31,32). The Morgan fingerprint density at radius 3 is 2.49 bits per heavy atom. The minimum atomic E-state index is -1.64. The number of aliphatic hydroxyl groups is 4. The van der Waals surface area contributed by atoms with Gasteiger partial charge in [0, 0.05) is 18.7 Å². The molecule has 4 atom stereocenters. The molecule has 1 aromatic heterocycles. The van der Waals surface area contributed by atoms with Crippen LogP contribution in [0, 0.1) is 0 Å². The summed E-state index contributed by atoms with van der Waals surface area (Å²) in [4.78, 5) is 4.72. The van der Waals surface area contributed by atoms with E-state index >= 15 is 0 Å². The number of anilines is 1. The lowest BCUT2D eigenvalue weighted by molar-refractivity contribution is -0.0939. The monoisotopic (exact) mass is 533 g/mol. The normalized spacial score (nSPS) is 22.8. The molecule has 1 aliphatic rings. The third-order valence-corrected chi connectivity index (χ3v) is 7.18. The largest absolute Gasteiger partial charge is 0.493 e. The van der Waals surface area contributed by atoms with Crippen molar-refractivity contribution in [1.29, 1.82) is 0 Å². The lowest BCUT2D eigenvalue weighted by atomic mass is 9.96. The van der Waals surface area contributed by atoms with Crippen LogP contribution < -0.4 is 10.1 Å². The lowest BCUT2D eigenvalue weighted by Gasteiger charge is -2.28. The SMILES string of the molecule is CC1(O)C(O)C(CO)OC1n1c(NCc2ccc(-c3ccccc3OCCCCO)cc2)nc2ccccc21. The minimum absolute atomic E-state index is 0.162. The number of rotatable bonds is 11. The van der Waals surface area contributed by atoms with Crippen LogP contribution in [-0.2, 0) is 11.3 Å². The highest BCUT2D eigenvalue weighted by atomic mass is 16.6. The maximum atomic E-state index is 11.1. The van der Waals surface area contributed by atoms with Crippen LogP contribution in [0.25, 0.3) is 22.2 Å². The highest BCUT2D eigenvalue weighted by molar-refractivity contribution is 5.79. The van der Waals surface area contributed by atoms with Gasteiger partial charge in [-0.25, -0.2) is 4.98 Å². The van der Waals surface area contributed by atoms with E-state index in [4.69, 9.17) is 19.6 Å². The molecule has 1 saturated heterocycles. The predicted octanol–water partition coefficient (Wildman–Crippen LogP) is 3.47. The van der Waals surface area contributed by atoms with Gasteiger partial charge in [-0.1, -0.05) is 54.6 Å². The molecule has 39 heavy (non-hydrogen) atoms. The smallest absolute Gasteiger partial charge is 0.206 e. The summed E-state index contributed by atoms with van der Waals surface area (Å²) in [6.45, 7) is 2.27. The highest BCUT2D eigenvalue weighted by Crippen LogP contribution is 2.41. The summed E-state index contributed by atoms with van der Waals surface area (Å²) in [5.74, 6) is 1.29. The van der Waals surface area contributed by atoms with Crippen molar-refractivity contribution in [2.45, 2.75) is 50.3 Å². The van der Waals surface area contributed by atoms with Crippen LogP contribution in [-0.4, -0.2) is 67.6 Å². The fourth-order valence-electron chi connectivity index (χ4n) is 4.98. The number of ether oxygens (including phenoxy) is 2. The third kappa shape index (κ3) is 5.50. The van der Waals surface area contributed by atoms with Gasteiger partial charge in [-0.2, -0.15) is 0 Å². The molecule has 0 radical (unpaired) electrons. The molecular formula is C30H35N3O6. The van der Waals surface area contributed by atoms with E-state index in [9.17, 15) is 15.3 Å². The molecular weight excluding hydrogens is 498 g/mol. The van der Waals surface area contributed by atoms with E-state index in [1.807, 2.05) is 72.8 Å². The molecule has 0 spiro atoms. The van der Waals surface area contributed by atoms with Crippen LogP contribution in [0.2, 0.25) is 0 Å². The fourth-order valence-corrected chi connectivity index (χ4v) is 4.98. The predicted molar refractivity (Wildman–Crippen MR) is 148 cm³/mol. The van der Waals surface area contributed by atoms with Gasteiger partial charge >= 0.3 is 0 Å². The Bertz CT molecular complexity index is 1390. The van der Waals surface area contributed by atoms with Crippen molar-refractivity contribution in [3.8, 4) is 16.9 Å². The van der Waals surface area contributed by atoms with Crippen LogP contribution in [0.5, 0.6) is 5.75 Å². The first kappa shape index (κ1) is 27.1. The van der Waals surface area contributed by atoms with Gasteiger partial charge < -0.3 is 35.2 Å². The van der Waals surface area contributed by atoms with Gasteiger partial charge in [-0.3, -0.25) is 4.57 Å². The summed E-state index contributed by atoms with van der Waals surface area (Å²) >= 11 is 0. The molecule has 0 bridgehead atoms. The zero-order valence-electron chi connectivity index (χ0n) is 21.9. The molecule has 5 rings (SSSR count). The quantitative estimate of drug-likeness (QED) is 0.185. The number of benzene rings is 3. The van der Waals surface area contributed by atoms with E-state index in [0.717, 1.165) is 34.4 Å². The lowest BCUT2D eigenvalue weighted by Crippen LogP contribution is -2.44. The van der Waals surface area contributed by atoms with Crippen LogP contribution in [0.3, 0.4) is 0 Å². The number of fused-ring (bicyclic) bond motifs is 1. The van der Waals surface area contributed by atoms with Crippen molar-refractivity contribution in [2.24, 2.45) is 0 Å². The Morgan fingerprint density at radius 1 is 1.00 bits per heavy atom. The van der Waals surface area contributed by atoms with Crippen LogP contribution in [0.1, 0.15) is 31.6 Å². The van der Waals surface area contributed by atoms with E-state index < -0.39 is 30.6 Å². The first-order valence-corrected chi connectivity index (χ1v) is 13.2. The van der Waals surface area contributed by atoms with Gasteiger partial charge in [-0.15, -0.1) is 0 Å². The van der Waals surface area contributed by atoms with Crippen molar-refractivity contribution >= 4 is 17.0 Å². The highest BCUT2D eigenvalue weighted by Gasteiger charge is 2.53. The maximum absolute atomic E-state index is 11.1. The van der Waals surface area contributed by atoms with Crippen molar-refractivity contribution in [2.75, 3.05) is 25.1 Å². The van der Waals surface area contributed by atoms with Gasteiger partial charge in [0.25, 0.3) is 0 Å². The first-order chi connectivity index (χ1) is 18.9. The van der Waals surface area contributed by atoms with Crippen LogP contribution in [0.4, 0.5) is 5.95 Å². The first-order valence-electron chi connectivity index (χ1n) is 13.2. The number of hydrogen-bond donors (Lipinski definition) is 5. The number of aromatic nitrogens is 2. The Labute approximate surface area is 227 Å². The average molecular weight is 534 g/mol. The van der Waals surface area contributed by atoms with E-state index in [2.05, 4.69) is 5.32 Å². The van der Waals surface area contributed by atoms with Crippen LogP contribution >= 0.6 is 0 Å². The summed E-state index contributed by atoms with van der Waals surface area (Å²) in [7, 11) is 0. The van der Waals surface area contributed by atoms with Crippen LogP contribution in [0.15, 0.2) is 72.8 Å². The molecule has 5 N–H and O–H groups in total. The van der Waals surface area contributed by atoms with Crippen molar-refractivity contribution in [3.63, 3.8) is 0 Å². The van der Waals surface area contributed by atoms with Gasteiger partial charge in [0.1, 0.15) is 23.6 Å². The fraction of sp³-hybridized carbons (Fsp3) is 0.367. The second-order valence-electron chi connectivity index (χ2n) is 10.0. The maximum Gasteiger partial charge on any atom is 0.206 e. The molecule has 0 amide bonds. The Balaban J connectivity index is 1.35. The van der Waals surface area contributed by atoms with Gasteiger partial charge in [0.2, 0.25) is 5.95 Å². The summed E-state index contributed by atoms with van der Waals surface area (Å²) in [6.07, 6.45) is -1.61. The molecule has 1 aliphatic heterocycles. The Hall–Kier alpha value is -3.47. The second-order valence-corrected chi connectivity index (χ2v) is 10.0. The number of hydrogen-bond acceptors (Lipinski definition) is 8. The summed E-state index contributed by atoms with van der Waals surface area (Å²) in [5, 5.41) is 43.7. The van der Waals surface area contributed by atoms with Gasteiger partial charge in [0.15, 0.2) is 6.23 Å². The Kier molecular flexibility index (Phi) is 8.15. The van der Waals surface area contributed by atoms with Crippen molar-refractivity contribution in [3.05, 3.63) is 78.4 Å². The van der Waals surface area contributed by atoms with Crippen molar-refractivity contribution < 1.29 is 29.9 Å². The molecule has 2 heterocycles. The molecule has 206 valence electrons. The third-order valence-electron chi connectivity index (χ3n) is 7.18. The molecule has 1 fully saturated rings. The van der Waals surface area contributed by atoms with Gasteiger partial charge in [-0.05, 0) is 49.1 Å². The second kappa shape index (κ2) is 11.7. The average Bonchev–Trinajstić information content (AvgIpc) is 3.43. The number of aliphatic hydroxyl groups excluding tert-OH is 3. The van der Waals surface area contributed by atoms with Gasteiger partial charge in [0.05, 0.1) is 24.2 Å². The summed E-state index contributed by atoms with van der Waals surface area (Å²) in [6, 6.07) is 23.6. The number of imidazole rings is 1. The zero-order chi connectivity index (χ0) is 27.4.